The molecule has 0 bridgehead atoms. The number of aromatic nitrogens is 2. The van der Waals surface area contributed by atoms with E-state index in [9.17, 15) is 4.79 Å². The lowest BCUT2D eigenvalue weighted by atomic mass is 10.0. The van der Waals surface area contributed by atoms with Crippen molar-refractivity contribution in [3.8, 4) is 17.1 Å². The van der Waals surface area contributed by atoms with Gasteiger partial charge in [-0.15, -0.1) is 0 Å². The van der Waals surface area contributed by atoms with Gasteiger partial charge in [-0.1, -0.05) is 31.2 Å². The van der Waals surface area contributed by atoms with Crippen molar-refractivity contribution in [2.24, 2.45) is 5.92 Å². The quantitative estimate of drug-likeness (QED) is 0.394. The number of ether oxygens (including phenoxy) is 2. The third kappa shape index (κ3) is 6.45. The normalized spacial score (nSPS) is 14.3. The first-order valence-electron chi connectivity index (χ1n) is 12.4. The Labute approximate surface area is 208 Å². The molecule has 0 saturated carbocycles. The predicted octanol–water partition coefficient (Wildman–Crippen LogP) is 5.29. The smallest absolute Gasteiger partial charge is 0.306 e. The molecule has 1 aromatic heterocycles. The molecule has 0 N–H and O–H groups in total. The maximum Gasteiger partial charge on any atom is 0.306 e. The van der Waals surface area contributed by atoms with Crippen LogP contribution in [0, 0.1) is 19.8 Å². The molecule has 184 valence electrons. The van der Waals surface area contributed by atoms with Crippen LogP contribution in [0.15, 0.2) is 48.7 Å². The zero-order valence-corrected chi connectivity index (χ0v) is 21.2. The first-order chi connectivity index (χ1) is 16.9. The van der Waals surface area contributed by atoms with Gasteiger partial charge in [0.2, 0.25) is 0 Å². The van der Waals surface area contributed by atoms with Gasteiger partial charge in [0, 0.05) is 49.8 Å². The molecular formula is C29H35N3O3. The standard InChI is InChI=1S/C29H35N3O3/c1-5-34-28(33)14-20(2)17-32-13-12-26-25(18-32)16-30-29(31-26)23-10-11-27(22(4)15-23)35-19-24-9-7-6-8-21(24)3/h6-11,15-16,20H,5,12-14,17-19H2,1-4H3. The van der Waals surface area contributed by atoms with Crippen LogP contribution >= 0.6 is 0 Å². The summed E-state index contributed by atoms with van der Waals surface area (Å²) in [4.78, 5) is 23.7. The van der Waals surface area contributed by atoms with Gasteiger partial charge in [-0.2, -0.15) is 0 Å². The Morgan fingerprint density at radius 2 is 1.97 bits per heavy atom. The van der Waals surface area contributed by atoms with Crippen LogP contribution in [0.4, 0.5) is 0 Å². The second-order valence-corrected chi connectivity index (χ2v) is 9.46. The topological polar surface area (TPSA) is 64.5 Å². The van der Waals surface area contributed by atoms with E-state index in [1.54, 1.807) is 0 Å². The molecule has 1 unspecified atom stereocenters. The Hall–Kier alpha value is -3.25. The second kappa shape index (κ2) is 11.5. The van der Waals surface area contributed by atoms with Crippen LogP contribution in [0.1, 0.15) is 48.2 Å². The average molecular weight is 474 g/mol. The van der Waals surface area contributed by atoms with Crippen LogP contribution in [0.5, 0.6) is 5.75 Å². The molecule has 35 heavy (non-hydrogen) atoms. The molecule has 0 saturated heterocycles. The van der Waals surface area contributed by atoms with E-state index in [1.165, 1.54) is 16.7 Å². The number of hydrogen-bond donors (Lipinski definition) is 0. The number of carbonyl (C=O) groups is 1. The van der Waals surface area contributed by atoms with Crippen LogP contribution in [0.25, 0.3) is 11.4 Å². The number of aryl methyl sites for hydroxylation is 2. The minimum atomic E-state index is -0.118. The fourth-order valence-electron chi connectivity index (χ4n) is 4.56. The molecule has 6 heteroatoms. The lowest BCUT2D eigenvalue weighted by Gasteiger charge is -2.30. The molecule has 0 amide bonds. The molecule has 0 spiro atoms. The largest absolute Gasteiger partial charge is 0.489 e. The van der Waals surface area contributed by atoms with Gasteiger partial charge in [-0.05, 0) is 61.6 Å². The number of esters is 1. The highest BCUT2D eigenvalue weighted by Gasteiger charge is 2.21. The highest BCUT2D eigenvalue weighted by molar-refractivity contribution is 5.69. The van der Waals surface area contributed by atoms with E-state index >= 15 is 0 Å². The highest BCUT2D eigenvalue weighted by atomic mass is 16.5. The van der Waals surface area contributed by atoms with Gasteiger partial charge in [0.1, 0.15) is 12.4 Å². The first-order valence-corrected chi connectivity index (χ1v) is 12.4. The van der Waals surface area contributed by atoms with E-state index in [1.807, 2.05) is 37.4 Å². The Morgan fingerprint density at radius 1 is 1.14 bits per heavy atom. The number of rotatable bonds is 9. The summed E-state index contributed by atoms with van der Waals surface area (Å²) in [6.07, 6.45) is 3.29. The molecule has 0 fully saturated rings. The average Bonchev–Trinajstić information content (AvgIpc) is 2.84. The van der Waals surface area contributed by atoms with Crippen LogP contribution in [-0.4, -0.2) is 40.5 Å². The summed E-state index contributed by atoms with van der Waals surface area (Å²) in [5.41, 5.74) is 6.77. The number of nitrogens with zero attached hydrogens (tertiary/aromatic N) is 3. The molecule has 6 nitrogen and oxygen atoms in total. The van der Waals surface area contributed by atoms with E-state index in [0.29, 0.717) is 19.6 Å². The van der Waals surface area contributed by atoms with Gasteiger partial charge < -0.3 is 9.47 Å². The van der Waals surface area contributed by atoms with Crippen LogP contribution < -0.4 is 4.74 Å². The van der Waals surface area contributed by atoms with Crippen molar-refractivity contribution in [2.45, 2.75) is 53.7 Å². The van der Waals surface area contributed by atoms with Crippen molar-refractivity contribution >= 4 is 5.97 Å². The third-order valence-electron chi connectivity index (χ3n) is 6.48. The zero-order chi connectivity index (χ0) is 24.8. The van der Waals surface area contributed by atoms with Crippen LogP contribution in [0.3, 0.4) is 0 Å². The number of hydrogen-bond acceptors (Lipinski definition) is 6. The minimum absolute atomic E-state index is 0.118. The fourth-order valence-corrected chi connectivity index (χ4v) is 4.56. The van der Waals surface area contributed by atoms with Gasteiger partial charge in [0.05, 0.1) is 12.3 Å². The van der Waals surface area contributed by atoms with Gasteiger partial charge in [-0.3, -0.25) is 9.69 Å². The first kappa shape index (κ1) is 24.9. The van der Waals surface area contributed by atoms with E-state index in [-0.39, 0.29) is 11.9 Å². The SMILES string of the molecule is CCOC(=O)CC(C)CN1CCc2nc(-c3ccc(OCc4ccccc4C)c(C)c3)ncc2C1. The minimum Gasteiger partial charge on any atom is -0.489 e. The molecule has 2 heterocycles. The highest BCUT2D eigenvalue weighted by Crippen LogP contribution is 2.27. The zero-order valence-electron chi connectivity index (χ0n) is 21.2. The molecule has 3 aromatic rings. The summed E-state index contributed by atoms with van der Waals surface area (Å²) in [6.45, 7) is 11.7. The fraction of sp³-hybridized carbons (Fsp3) is 0.414. The van der Waals surface area contributed by atoms with Crippen molar-refractivity contribution in [3.63, 3.8) is 0 Å². The Balaban J connectivity index is 1.38. The van der Waals surface area contributed by atoms with E-state index in [0.717, 1.165) is 54.4 Å². The lowest BCUT2D eigenvalue weighted by Crippen LogP contribution is -2.35. The molecule has 2 aromatic carbocycles. The van der Waals surface area contributed by atoms with Crippen molar-refractivity contribution in [2.75, 3.05) is 19.7 Å². The van der Waals surface area contributed by atoms with Crippen LogP contribution in [-0.2, 0) is 29.1 Å². The number of benzene rings is 2. The maximum atomic E-state index is 11.8. The van der Waals surface area contributed by atoms with E-state index in [2.05, 4.69) is 48.9 Å². The van der Waals surface area contributed by atoms with Crippen molar-refractivity contribution in [1.29, 1.82) is 0 Å². The molecule has 1 atom stereocenters. The van der Waals surface area contributed by atoms with Gasteiger partial charge in [0.25, 0.3) is 0 Å². The number of carbonyl (C=O) groups excluding carboxylic acids is 1. The summed E-state index contributed by atoms with van der Waals surface area (Å²) in [6, 6.07) is 14.4. The third-order valence-corrected chi connectivity index (χ3v) is 6.48. The molecule has 1 aliphatic rings. The summed E-state index contributed by atoms with van der Waals surface area (Å²) in [5, 5.41) is 0. The van der Waals surface area contributed by atoms with E-state index in [4.69, 9.17) is 14.5 Å². The van der Waals surface area contributed by atoms with Gasteiger partial charge in [0.15, 0.2) is 5.82 Å². The van der Waals surface area contributed by atoms with Crippen molar-refractivity contribution in [3.05, 3.63) is 76.6 Å². The summed E-state index contributed by atoms with van der Waals surface area (Å²) in [5.74, 6) is 1.77. The maximum absolute atomic E-state index is 11.8. The Kier molecular flexibility index (Phi) is 8.13. The summed E-state index contributed by atoms with van der Waals surface area (Å²) < 4.78 is 11.2. The molecule has 4 rings (SSSR count). The predicted molar refractivity (Wildman–Crippen MR) is 137 cm³/mol. The van der Waals surface area contributed by atoms with Crippen molar-refractivity contribution in [1.82, 2.24) is 14.9 Å². The summed E-state index contributed by atoms with van der Waals surface area (Å²) in [7, 11) is 0. The lowest BCUT2D eigenvalue weighted by molar-refractivity contribution is -0.144. The van der Waals surface area contributed by atoms with Gasteiger partial charge >= 0.3 is 5.97 Å². The molecule has 1 aliphatic heterocycles. The Bertz CT molecular complexity index is 1180. The molecule has 0 aliphatic carbocycles. The van der Waals surface area contributed by atoms with Gasteiger partial charge in [-0.25, -0.2) is 9.97 Å². The van der Waals surface area contributed by atoms with Crippen LogP contribution in [0.2, 0.25) is 0 Å². The summed E-state index contributed by atoms with van der Waals surface area (Å²) >= 11 is 0. The molecule has 0 radical (unpaired) electrons. The monoisotopic (exact) mass is 473 g/mol. The molecular weight excluding hydrogens is 438 g/mol. The second-order valence-electron chi connectivity index (χ2n) is 9.46. The number of fused-ring (bicyclic) bond motifs is 1. The van der Waals surface area contributed by atoms with E-state index < -0.39 is 0 Å². The van der Waals surface area contributed by atoms with Crippen molar-refractivity contribution < 1.29 is 14.3 Å². The Morgan fingerprint density at radius 3 is 2.74 bits per heavy atom.